The highest BCUT2D eigenvalue weighted by molar-refractivity contribution is 7.45. The topological polar surface area (TPSA) is 108 Å². The monoisotopic (exact) mass is 883 g/mol. The number of allylic oxidation sites excluding steroid dienone is 3. The van der Waals surface area contributed by atoms with E-state index in [0.29, 0.717) is 17.4 Å². The Kier molecular flexibility index (Phi) is 43.5. The maximum absolute atomic E-state index is 12.8. The lowest BCUT2D eigenvalue weighted by Gasteiger charge is -2.29. The van der Waals surface area contributed by atoms with Crippen LogP contribution in [0.3, 0.4) is 0 Å². The zero-order valence-corrected chi connectivity index (χ0v) is 42.0. The molecule has 0 aliphatic rings. The van der Waals surface area contributed by atoms with Crippen molar-refractivity contribution in [1.29, 1.82) is 0 Å². The molecule has 0 rings (SSSR count). The van der Waals surface area contributed by atoms with E-state index in [1.54, 1.807) is 6.08 Å². The highest BCUT2D eigenvalue weighted by atomic mass is 31.2. The Labute approximate surface area is 379 Å². The molecular formula is C52H103N2O6P. The molecule has 0 aliphatic carbocycles. The molecule has 3 unspecified atom stereocenters. The second-order valence-electron chi connectivity index (χ2n) is 19.2. The number of carbonyl (C=O) groups excluding carboxylic acids is 1. The number of phosphoric ester groups is 1. The fourth-order valence-electron chi connectivity index (χ4n) is 7.72. The Bertz CT molecular complexity index is 1050. The fraction of sp³-hybridized carbons (Fsp3) is 0.904. The average Bonchev–Trinajstić information content (AvgIpc) is 3.21. The van der Waals surface area contributed by atoms with Crippen molar-refractivity contribution in [1.82, 2.24) is 5.32 Å². The molecule has 8 nitrogen and oxygen atoms in total. The Morgan fingerprint density at radius 3 is 1.33 bits per heavy atom. The van der Waals surface area contributed by atoms with Gasteiger partial charge in [0.05, 0.1) is 39.9 Å². The van der Waals surface area contributed by atoms with Crippen LogP contribution in [-0.2, 0) is 18.4 Å². The summed E-state index contributed by atoms with van der Waals surface area (Å²) >= 11 is 0. The quantitative estimate of drug-likeness (QED) is 0.0273. The van der Waals surface area contributed by atoms with Crippen molar-refractivity contribution in [3.8, 4) is 0 Å². The van der Waals surface area contributed by atoms with Crippen molar-refractivity contribution in [2.24, 2.45) is 0 Å². The van der Waals surface area contributed by atoms with E-state index in [1.165, 1.54) is 173 Å². The zero-order valence-electron chi connectivity index (χ0n) is 41.1. The first-order valence-electron chi connectivity index (χ1n) is 26.2. The third kappa shape index (κ3) is 46.8. The number of aliphatic hydroxyl groups is 1. The molecule has 2 N–H and O–H groups in total. The van der Waals surface area contributed by atoms with Crippen molar-refractivity contribution in [3.05, 3.63) is 24.3 Å². The van der Waals surface area contributed by atoms with Gasteiger partial charge >= 0.3 is 0 Å². The Hall–Kier alpha value is -1.02. The summed E-state index contributed by atoms with van der Waals surface area (Å²) in [5.74, 6) is -0.206. The first-order valence-corrected chi connectivity index (χ1v) is 27.7. The van der Waals surface area contributed by atoms with E-state index in [0.717, 1.165) is 57.8 Å². The highest BCUT2D eigenvalue weighted by Crippen LogP contribution is 2.38. The first-order chi connectivity index (χ1) is 29.5. The number of likely N-dealkylation sites (N-methyl/N-ethyl adjacent to an activating group) is 1. The fourth-order valence-corrected chi connectivity index (χ4v) is 8.45. The molecule has 0 spiro atoms. The van der Waals surface area contributed by atoms with Gasteiger partial charge < -0.3 is 28.8 Å². The summed E-state index contributed by atoms with van der Waals surface area (Å²) in [4.78, 5) is 25.3. The number of aliphatic hydroxyl groups excluding tert-OH is 1. The zero-order chi connectivity index (χ0) is 45.0. The van der Waals surface area contributed by atoms with E-state index in [9.17, 15) is 19.4 Å². The minimum Gasteiger partial charge on any atom is -0.756 e. The lowest BCUT2D eigenvalue weighted by atomic mass is 10.0. The van der Waals surface area contributed by atoms with Crippen molar-refractivity contribution in [3.63, 3.8) is 0 Å². The lowest BCUT2D eigenvalue weighted by Crippen LogP contribution is -2.45. The minimum atomic E-state index is -4.59. The molecule has 9 heteroatoms. The third-order valence-electron chi connectivity index (χ3n) is 11.9. The maximum Gasteiger partial charge on any atom is 0.268 e. The number of quaternary nitrogens is 1. The number of unbranched alkanes of at least 4 members (excludes halogenated alkanes) is 33. The van der Waals surface area contributed by atoms with Crippen LogP contribution in [0, 0.1) is 0 Å². The summed E-state index contributed by atoms with van der Waals surface area (Å²) in [6, 6.07) is -0.888. The molecule has 0 saturated carbocycles. The van der Waals surface area contributed by atoms with Crippen molar-refractivity contribution in [2.75, 3.05) is 40.9 Å². The third-order valence-corrected chi connectivity index (χ3v) is 12.9. The van der Waals surface area contributed by atoms with E-state index in [-0.39, 0.29) is 19.1 Å². The number of rotatable bonds is 48. The summed E-state index contributed by atoms with van der Waals surface area (Å²) in [5.41, 5.74) is 0. The van der Waals surface area contributed by atoms with Gasteiger partial charge in [-0.1, -0.05) is 231 Å². The summed E-state index contributed by atoms with van der Waals surface area (Å²) in [6.45, 7) is 4.62. The largest absolute Gasteiger partial charge is 0.756 e. The van der Waals surface area contributed by atoms with Crippen LogP contribution in [-0.4, -0.2) is 68.5 Å². The van der Waals surface area contributed by atoms with E-state index in [1.807, 2.05) is 27.2 Å². The highest BCUT2D eigenvalue weighted by Gasteiger charge is 2.23. The number of amides is 1. The second-order valence-corrected chi connectivity index (χ2v) is 20.6. The van der Waals surface area contributed by atoms with E-state index < -0.39 is 20.0 Å². The Morgan fingerprint density at radius 2 is 0.918 bits per heavy atom. The predicted octanol–water partition coefficient (Wildman–Crippen LogP) is 14.6. The molecule has 0 saturated heterocycles. The van der Waals surface area contributed by atoms with Gasteiger partial charge in [-0.2, -0.15) is 0 Å². The lowest BCUT2D eigenvalue weighted by molar-refractivity contribution is -0.870. The Balaban J connectivity index is 4.11. The molecule has 0 aromatic heterocycles. The number of nitrogens with one attached hydrogen (secondary N) is 1. The molecule has 0 bridgehead atoms. The van der Waals surface area contributed by atoms with E-state index >= 15 is 0 Å². The van der Waals surface area contributed by atoms with Gasteiger partial charge in [-0.05, 0) is 38.5 Å². The molecule has 362 valence electrons. The molecule has 61 heavy (non-hydrogen) atoms. The number of hydrogen-bond donors (Lipinski definition) is 2. The maximum atomic E-state index is 12.8. The van der Waals surface area contributed by atoms with Crippen LogP contribution in [0.2, 0.25) is 0 Å². The molecule has 0 aromatic carbocycles. The average molecular weight is 883 g/mol. The smallest absolute Gasteiger partial charge is 0.268 e. The van der Waals surface area contributed by atoms with Gasteiger partial charge in [-0.15, -0.1) is 0 Å². The summed E-state index contributed by atoms with van der Waals surface area (Å²) in [5, 5.41) is 13.8. The summed E-state index contributed by atoms with van der Waals surface area (Å²) in [6.07, 6.45) is 54.0. The van der Waals surface area contributed by atoms with Crippen LogP contribution in [0.15, 0.2) is 24.3 Å². The van der Waals surface area contributed by atoms with Crippen molar-refractivity contribution < 1.29 is 32.9 Å². The molecule has 1 amide bonds. The van der Waals surface area contributed by atoms with Crippen LogP contribution < -0.4 is 10.2 Å². The minimum absolute atomic E-state index is 0.00145. The van der Waals surface area contributed by atoms with Gasteiger partial charge in [-0.25, -0.2) is 0 Å². The predicted molar refractivity (Wildman–Crippen MR) is 261 cm³/mol. The molecule has 3 atom stereocenters. The molecule has 0 aromatic rings. The van der Waals surface area contributed by atoms with Gasteiger partial charge in [0.2, 0.25) is 5.91 Å². The molecule has 0 heterocycles. The standard InChI is InChI=1S/C52H103N2O6P/c1-6-8-10-12-14-16-18-19-20-21-22-23-24-25-26-27-28-29-30-31-32-33-34-36-37-39-41-43-45-51(55)50(49-60-61(57,58)59-48-47-54(3,4)5)53-52(56)46-44-42-40-38-35-17-15-13-11-9-7-2/h13,15,43,45,50-51,55H,6-12,14,16-42,44,46-49H2,1-5H3,(H-,53,56,57,58)/b15-13-,45-43+. The van der Waals surface area contributed by atoms with Gasteiger partial charge in [0, 0.05) is 6.42 Å². The molecule has 0 fully saturated rings. The van der Waals surface area contributed by atoms with Crippen LogP contribution in [0.25, 0.3) is 0 Å². The van der Waals surface area contributed by atoms with Gasteiger partial charge in [0.1, 0.15) is 13.2 Å². The summed E-state index contributed by atoms with van der Waals surface area (Å²) in [7, 11) is 1.26. The van der Waals surface area contributed by atoms with E-state index in [4.69, 9.17) is 9.05 Å². The molecule has 0 radical (unpaired) electrons. The number of hydrogen-bond acceptors (Lipinski definition) is 6. The second kappa shape index (κ2) is 44.2. The summed E-state index contributed by atoms with van der Waals surface area (Å²) < 4.78 is 23.2. The molecule has 0 aliphatic heterocycles. The van der Waals surface area contributed by atoms with E-state index in [2.05, 4.69) is 31.3 Å². The van der Waals surface area contributed by atoms with Crippen molar-refractivity contribution >= 4 is 13.7 Å². The van der Waals surface area contributed by atoms with Crippen molar-refractivity contribution in [2.45, 2.75) is 264 Å². The number of nitrogens with zero attached hydrogens (tertiary/aromatic N) is 1. The van der Waals surface area contributed by atoms with Gasteiger partial charge in [-0.3, -0.25) is 9.36 Å². The van der Waals surface area contributed by atoms with Gasteiger partial charge in [0.25, 0.3) is 7.82 Å². The van der Waals surface area contributed by atoms with Crippen LogP contribution in [0.5, 0.6) is 0 Å². The SMILES string of the molecule is CCCC/C=C\CCCCCCCC(=O)NC(COP(=O)([O-])OCC[N+](C)(C)C)C(O)/C=C/CCCCCCCCCCCCCCCCCCCCCCCCCCCC. The van der Waals surface area contributed by atoms with Crippen LogP contribution >= 0.6 is 7.82 Å². The van der Waals surface area contributed by atoms with Gasteiger partial charge in [0.15, 0.2) is 0 Å². The molecular weight excluding hydrogens is 780 g/mol. The van der Waals surface area contributed by atoms with Crippen LogP contribution in [0.1, 0.15) is 251 Å². The number of carbonyl (C=O) groups is 1. The Morgan fingerprint density at radius 1 is 0.557 bits per heavy atom. The first kappa shape index (κ1) is 60.0. The normalized spacial score (nSPS) is 14.3. The van der Waals surface area contributed by atoms with Crippen LogP contribution in [0.4, 0.5) is 0 Å². The number of phosphoric acid groups is 1.